The molecule has 0 spiro atoms. The fraction of sp³-hybridized carbons (Fsp3) is 0.471. The van der Waals surface area contributed by atoms with Crippen LogP contribution >= 0.6 is 0 Å². The van der Waals surface area contributed by atoms with E-state index in [9.17, 15) is 4.79 Å². The van der Waals surface area contributed by atoms with Gasteiger partial charge in [0.05, 0.1) is 5.52 Å². The highest BCUT2D eigenvalue weighted by atomic mass is 16.2. The molecule has 0 atom stereocenters. The number of aliphatic hydroxyl groups excluding tert-OH is 1. The number of pyridine rings is 1. The molecule has 0 bridgehead atoms. The minimum Gasteiger partial charge on any atom is -0.396 e. The Morgan fingerprint density at radius 1 is 1.29 bits per heavy atom. The summed E-state index contributed by atoms with van der Waals surface area (Å²) in [6.07, 6.45) is 1.74. The molecule has 0 fully saturated rings. The highest BCUT2D eigenvalue weighted by Crippen LogP contribution is 2.25. The predicted octanol–water partition coefficient (Wildman–Crippen LogP) is 2.75. The normalized spacial score (nSPS) is 11.8. The number of para-hydroxylation sites is 1. The number of hydrogen-bond donors (Lipinski definition) is 2. The Labute approximate surface area is 125 Å². The molecule has 114 valence electrons. The maximum Gasteiger partial charge on any atom is 0.252 e. The first-order valence-electron chi connectivity index (χ1n) is 7.38. The summed E-state index contributed by atoms with van der Waals surface area (Å²) in [5, 5.41) is 13.4. The molecule has 0 saturated heterocycles. The van der Waals surface area contributed by atoms with Crippen LogP contribution in [-0.4, -0.2) is 22.8 Å². The van der Waals surface area contributed by atoms with Crippen molar-refractivity contribution < 1.29 is 5.11 Å². The zero-order chi connectivity index (χ0) is 15.5. The van der Waals surface area contributed by atoms with Crippen molar-refractivity contribution in [3.63, 3.8) is 0 Å². The first-order chi connectivity index (χ1) is 9.94. The number of nitrogens with zero attached hydrogens (tertiary/aromatic N) is 1. The van der Waals surface area contributed by atoms with Gasteiger partial charge >= 0.3 is 0 Å². The molecule has 4 nitrogen and oxygen atoms in total. The Bertz CT molecular complexity index is 674. The van der Waals surface area contributed by atoms with Crippen LogP contribution in [0.4, 0.5) is 5.69 Å². The van der Waals surface area contributed by atoms with E-state index in [2.05, 4.69) is 19.2 Å². The minimum absolute atomic E-state index is 0.00985. The van der Waals surface area contributed by atoms with E-state index in [1.807, 2.05) is 24.3 Å². The predicted molar refractivity (Wildman–Crippen MR) is 87.8 cm³/mol. The zero-order valence-corrected chi connectivity index (χ0v) is 13.0. The number of fused-ring (bicyclic) bond motifs is 1. The standard InChI is InChI=1S/C17H24N2O2/c1-17(2,9-6-10-20)12-18-14-11-16(21)19(3)15-8-5-4-7-13(14)15/h4-5,7-8,11,18,20H,6,9-10,12H2,1-3H3. The smallest absolute Gasteiger partial charge is 0.252 e. The Morgan fingerprint density at radius 3 is 2.71 bits per heavy atom. The van der Waals surface area contributed by atoms with Gasteiger partial charge in [-0.15, -0.1) is 0 Å². The van der Waals surface area contributed by atoms with Gasteiger partial charge in [0.25, 0.3) is 5.56 Å². The molecule has 1 heterocycles. The lowest BCUT2D eigenvalue weighted by Crippen LogP contribution is -2.25. The van der Waals surface area contributed by atoms with Gasteiger partial charge < -0.3 is 15.0 Å². The van der Waals surface area contributed by atoms with Crippen LogP contribution in [0.1, 0.15) is 26.7 Å². The first-order valence-corrected chi connectivity index (χ1v) is 7.38. The molecular weight excluding hydrogens is 264 g/mol. The second kappa shape index (κ2) is 6.31. The first kappa shape index (κ1) is 15.6. The van der Waals surface area contributed by atoms with E-state index >= 15 is 0 Å². The summed E-state index contributed by atoms with van der Waals surface area (Å²) < 4.78 is 1.66. The third kappa shape index (κ3) is 3.64. The fourth-order valence-corrected chi connectivity index (χ4v) is 2.54. The number of aromatic nitrogens is 1. The Kier molecular flexibility index (Phi) is 4.68. The van der Waals surface area contributed by atoms with Crippen molar-refractivity contribution >= 4 is 16.6 Å². The largest absolute Gasteiger partial charge is 0.396 e. The number of anilines is 1. The topological polar surface area (TPSA) is 54.3 Å². The van der Waals surface area contributed by atoms with Gasteiger partial charge in [0, 0.05) is 37.3 Å². The van der Waals surface area contributed by atoms with Crippen molar-refractivity contribution in [2.24, 2.45) is 12.5 Å². The van der Waals surface area contributed by atoms with E-state index in [1.165, 1.54) is 0 Å². The van der Waals surface area contributed by atoms with Gasteiger partial charge in [0.1, 0.15) is 0 Å². The van der Waals surface area contributed by atoms with Crippen LogP contribution < -0.4 is 10.9 Å². The fourth-order valence-electron chi connectivity index (χ4n) is 2.54. The lowest BCUT2D eigenvalue weighted by atomic mass is 9.88. The highest BCUT2D eigenvalue weighted by molar-refractivity contribution is 5.91. The van der Waals surface area contributed by atoms with Crippen LogP contribution in [0.5, 0.6) is 0 Å². The second-order valence-electron chi connectivity index (χ2n) is 6.32. The summed E-state index contributed by atoms with van der Waals surface area (Å²) in [4.78, 5) is 12.0. The van der Waals surface area contributed by atoms with Gasteiger partial charge in [-0.2, -0.15) is 0 Å². The molecular formula is C17H24N2O2. The second-order valence-corrected chi connectivity index (χ2v) is 6.32. The van der Waals surface area contributed by atoms with E-state index < -0.39 is 0 Å². The van der Waals surface area contributed by atoms with Crippen LogP contribution in [0.15, 0.2) is 35.1 Å². The lowest BCUT2D eigenvalue weighted by Gasteiger charge is -2.25. The van der Waals surface area contributed by atoms with Crippen LogP contribution in [0.3, 0.4) is 0 Å². The van der Waals surface area contributed by atoms with Crippen molar-refractivity contribution in [1.82, 2.24) is 4.57 Å². The molecule has 0 aliphatic rings. The molecule has 2 rings (SSSR count). The molecule has 1 aromatic carbocycles. The minimum atomic E-state index is -0.00985. The third-order valence-corrected chi connectivity index (χ3v) is 3.92. The molecule has 0 saturated carbocycles. The molecule has 0 aliphatic carbocycles. The molecule has 2 N–H and O–H groups in total. The van der Waals surface area contributed by atoms with Gasteiger partial charge in [-0.1, -0.05) is 32.0 Å². The Balaban J connectivity index is 2.27. The summed E-state index contributed by atoms with van der Waals surface area (Å²) in [7, 11) is 1.79. The lowest BCUT2D eigenvalue weighted by molar-refractivity contribution is 0.248. The highest BCUT2D eigenvalue weighted by Gasteiger charge is 2.17. The van der Waals surface area contributed by atoms with E-state index in [0.29, 0.717) is 0 Å². The summed E-state index contributed by atoms with van der Waals surface area (Å²) in [6.45, 7) is 5.32. The molecule has 4 heteroatoms. The van der Waals surface area contributed by atoms with Gasteiger partial charge in [-0.05, 0) is 24.3 Å². The monoisotopic (exact) mass is 288 g/mol. The van der Waals surface area contributed by atoms with E-state index in [-0.39, 0.29) is 17.6 Å². The van der Waals surface area contributed by atoms with Crippen molar-refractivity contribution in [1.29, 1.82) is 0 Å². The quantitative estimate of drug-likeness (QED) is 0.859. The molecule has 0 amide bonds. The number of benzene rings is 1. The summed E-state index contributed by atoms with van der Waals surface area (Å²) in [6, 6.07) is 9.56. The molecule has 0 radical (unpaired) electrons. The molecule has 1 aromatic heterocycles. The van der Waals surface area contributed by atoms with Crippen LogP contribution in [0, 0.1) is 5.41 Å². The average molecular weight is 288 g/mol. The SMILES string of the molecule is Cn1c(=O)cc(NCC(C)(C)CCCO)c2ccccc21. The molecule has 2 aromatic rings. The summed E-state index contributed by atoms with van der Waals surface area (Å²) in [5.74, 6) is 0. The number of rotatable bonds is 6. The summed E-state index contributed by atoms with van der Waals surface area (Å²) >= 11 is 0. The summed E-state index contributed by atoms with van der Waals surface area (Å²) in [5.41, 5.74) is 1.88. The van der Waals surface area contributed by atoms with E-state index in [4.69, 9.17) is 5.11 Å². The van der Waals surface area contributed by atoms with E-state index in [0.717, 1.165) is 36.0 Å². The third-order valence-electron chi connectivity index (χ3n) is 3.92. The van der Waals surface area contributed by atoms with Crippen LogP contribution in [-0.2, 0) is 7.05 Å². The maximum absolute atomic E-state index is 12.0. The molecule has 21 heavy (non-hydrogen) atoms. The van der Waals surface area contributed by atoms with Gasteiger partial charge in [0.15, 0.2) is 0 Å². The Morgan fingerprint density at radius 2 is 2.00 bits per heavy atom. The van der Waals surface area contributed by atoms with E-state index in [1.54, 1.807) is 17.7 Å². The van der Waals surface area contributed by atoms with Crippen molar-refractivity contribution in [3.8, 4) is 0 Å². The Hall–Kier alpha value is -1.81. The van der Waals surface area contributed by atoms with Gasteiger partial charge in [0.2, 0.25) is 0 Å². The van der Waals surface area contributed by atoms with Gasteiger partial charge in [-0.3, -0.25) is 4.79 Å². The number of nitrogens with one attached hydrogen (secondary N) is 1. The maximum atomic E-state index is 12.0. The number of hydrogen-bond acceptors (Lipinski definition) is 3. The van der Waals surface area contributed by atoms with Crippen molar-refractivity contribution in [2.45, 2.75) is 26.7 Å². The number of aryl methyl sites for hydroxylation is 1. The zero-order valence-electron chi connectivity index (χ0n) is 13.0. The van der Waals surface area contributed by atoms with Crippen molar-refractivity contribution in [3.05, 3.63) is 40.7 Å². The average Bonchev–Trinajstić information content (AvgIpc) is 2.47. The number of aliphatic hydroxyl groups is 1. The van der Waals surface area contributed by atoms with Crippen molar-refractivity contribution in [2.75, 3.05) is 18.5 Å². The molecule has 0 unspecified atom stereocenters. The molecule has 0 aliphatic heterocycles. The van der Waals surface area contributed by atoms with Gasteiger partial charge in [-0.25, -0.2) is 0 Å². The van der Waals surface area contributed by atoms with Crippen LogP contribution in [0.25, 0.3) is 10.9 Å². The van der Waals surface area contributed by atoms with Crippen LogP contribution in [0.2, 0.25) is 0 Å².